The minimum Gasteiger partial charge on any atom is -0.477 e. The van der Waals surface area contributed by atoms with E-state index in [0.717, 1.165) is 36.3 Å². The van der Waals surface area contributed by atoms with E-state index in [1.54, 1.807) is 22.0 Å². The van der Waals surface area contributed by atoms with Crippen molar-refractivity contribution in [2.45, 2.75) is 31.7 Å². The quantitative estimate of drug-likeness (QED) is 0.942. The lowest BCUT2D eigenvalue weighted by Gasteiger charge is -2.18. The van der Waals surface area contributed by atoms with Gasteiger partial charge in [-0.2, -0.15) is 0 Å². The Morgan fingerprint density at radius 3 is 2.60 bits per heavy atom. The summed E-state index contributed by atoms with van der Waals surface area (Å²) in [5.74, 6) is -1.15. The number of pyridine rings is 1. The maximum Gasteiger partial charge on any atom is 0.341 e. The van der Waals surface area contributed by atoms with Crippen LogP contribution in [0.1, 0.15) is 42.1 Å². The van der Waals surface area contributed by atoms with Crippen molar-refractivity contribution in [3.05, 3.63) is 45.6 Å². The second kappa shape index (κ2) is 5.25. The molecule has 3 rings (SSSR count). The number of nitrogens with zero attached hydrogens (tertiary/aromatic N) is 1. The number of carboxylic acid groups (broad SMARTS) is 1. The van der Waals surface area contributed by atoms with Gasteiger partial charge in [0.05, 0.1) is 10.6 Å². The molecule has 2 heterocycles. The van der Waals surface area contributed by atoms with Gasteiger partial charge in [-0.3, -0.25) is 4.79 Å². The lowest BCUT2D eigenvalue weighted by molar-refractivity contribution is 0.0694. The summed E-state index contributed by atoms with van der Waals surface area (Å²) in [5, 5.41) is 11.1. The van der Waals surface area contributed by atoms with Crippen molar-refractivity contribution in [1.29, 1.82) is 0 Å². The van der Waals surface area contributed by atoms with Crippen LogP contribution < -0.4 is 5.56 Å². The highest BCUT2D eigenvalue weighted by molar-refractivity contribution is 7.13. The van der Waals surface area contributed by atoms with E-state index in [0.29, 0.717) is 0 Å². The molecule has 1 N–H and O–H groups in total. The lowest BCUT2D eigenvalue weighted by atomic mass is 10.1. The van der Waals surface area contributed by atoms with Crippen molar-refractivity contribution in [1.82, 2.24) is 4.57 Å². The van der Waals surface area contributed by atoms with Crippen LogP contribution in [0.2, 0.25) is 0 Å². The fourth-order valence-electron chi connectivity index (χ4n) is 2.87. The van der Waals surface area contributed by atoms with Crippen LogP contribution in [-0.4, -0.2) is 15.6 Å². The van der Waals surface area contributed by atoms with Crippen molar-refractivity contribution < 1.29 is 9.90 Å². The normalized spacial score (nSPS) is 15.6. The van der Waals surface area contributed by atoms with Crippen LogP contribution in [0.3, 0.4) is 0 Å². The van der Waals surface area contributed by atoms with Gasteiger partial charge in [0.15, 0.2) is 0 Å². The average Bonchev–Trinajstić information content (AvgIpc) is 3.11. The van der Waals surface area contributed by atoms with E-state index in [1.165, 1.54) is 6.07 Å². The topological polar surface area (TPSA) is 59.3 Å². The van der Waals surface area contributed by atoms with Gasteiger partial charge in [0.1, 0.15) is 5.56 Å². The van der Waals surface area contributed by atoms with Gasteiger partial charge in [0.25, 0.3) is 5.56 Å². The van der Waals surface area contributed by atoms with E-state index in [2.05, 4.69) is 0 Å². The van der Waals surface area contributed by atoms with Gasteiger partial charge in [-0.25, -0.2) is 4.79 Å². The Kier molecular flexibility index (Phi) is 3.44. The number of aromatic carboxylic acids is 1. The summed E-state index contributed by atoms with van der Waals surface area (Å²) in [7, 11) is 0. The Bertz CT molecular complexity index is 682. The summed E-state index contributed by atoms with van der Waals surface area (Å²) in [6, 6.07) is 7.21. The molecule has 0 amide bonds. The molecule has 104 valence electrons. The SMILES string of the molecule is O=C(O)c1ccc(-c2cccs2)n(C2CCCC2)c1=O. The number of hydrogen-bond donors (Lipinski definition) is 1. The van der Waals surface area contributed by atoms with Crippen LogP contribution in [0.25, 0.3) is 10.6 Å². The third-order valence-electron chi connectivity index (χ3n) is 3.81. The smallest absolute Gasteiger partial charge is 0.341 e. The van der Waals surface area contributed by atoms with Crippen molar-refractivity contribution in [3.8, 4) is 10.6 Å². The van der Waals surface area contributed by atoms with Crippen LogP contribution >= 0.6 is 11.3 Å². The molecule has 1 saturated carbocycles. The molecule has 1 aliphatic carbocycles. The zero-order valence-electron chi connectivity index (χ0n) is 10.9. The van der Waals surface area contributed by atoms with E-state index in [9.17, 15) is 9.59 Å². The molecular formula is C15H15NO3S. The molecule has 0 unspecified atom stereocenters. The first-order chi connectivity index (χ1) is 9.68. The fraction of sp³-hybridized carbons (Fsp3) is 0.333. The average molecular weight is 289 g/mol. The Labute approximate surface area is 120 Å². The molecule has 2 aromatic heterocycles. The molecule has 2 aromatic rings. The monoisotopic (exact) mass is 289 g/mol. The Morgan fingerprint density at radius 2 is 2.00 bits per heavy atom. The molecule has 1 fully saturated rings. The molecule has 0 atom stereocenters. The van der Waals surface area contributed by atoms with Crippen LogP contribution in [0, 0.1) is 0 Å². The number of carbonyl (C=O) groups is 1. The maximum atomic E-state index is 12.5. The van der Waals surface area contributed by atoms with Crippen LogP contribution in [0.15, 0.2) is 34.4 Å². The molecular weight excluding hydrogens is 274 g/mol. The fourth-order valence-corrected chi connectivity index (χ4v) is 3.61. The first-order valence-electron chi connectivity index (χ1n) is 6.71. The number of carboxylic acids is 1. The van der Waals surface area contributed by atoms with Crippen molar-refractivity contribution in [2.24, 2.45) is 0 Å². The third-order valence-corrected chi connectivity index (χ3v) is 4.70. The van der Waals surface area contributed by atoms with Gasteiger partial charge in [-0.15, -0.1) is 11.3 Å². The zero-order chi connectivity index (χ0) is 14.1. The second-order valence-corrected chi connectivity index (χ2v) is 5.98. The molecule has 4 nitrogen and oxygen atoms in total. The van der Waals surface area contributed by atoms with E-state index < -0.39 is 5.97 Å². The molecule has 0 aliphatic heterocycles. The maximum absolute atomic E-state index is 12.5. The van der Waals surface area contributed by atoms with Crippen LogP contribution in [-0.2, 0) is 0 Å². The summed E-state index contributed by atoms with van der Waals surface area (Å²) < 4.78 is 1.70. The van der Waals surface area contributed by atoms with E-state index in [-0.39, 0.29) is 17.2 Å². The number of rotatable bonds is 3. The molecule has 0 bridgehead atoms. The highest BCUT2D eigenvalue weighted by atomic mass is 32.1. The largest absolute Gasteiger partial charge is 0.477 e. The molecule has 0 spiro atoms. The third kappa shape index (κ3) is 2.18. The molecule has 0 saturated heterocycles. The molecule has 1 aliphatic rings. The van der Waals surface area contributed by atoms with E-state index in [1.807, 2.05) is 17.5 Å². The summed E-state index contributed by atoms with van der Waals surface area (Å²) in [6.07, 6.45) is 4.08. The van der Waals surface area contributed by atoms with Crippen LogP contribution in [0.4, 0.5) is 0 Å². The first-order valence-corrected chi connectivity index (χ1v) is 7.59. The van der Waals surface area contributed by atoms with Gasteiger partial charge < -0.3 is 9.67 Å². The lowest BCUT2D eigenvalue weighted by Crippen LogP contribution is -2.29. The molecule has 5 heteroatoms. The number of aromatic nitrogens is 1. The van der Waals surface area contributed by atoms with Gasteiger partial charge >= 0.3 is 5.97 Å². The Hall–Kier alpha value is -1.88. The zero-order valence-corrected chi connectivity index (χ0v) is 11.7. The predicted octanol–water partition coefficient (Wildman–Crippen LogP) is 3.39. The summed E-state index contributed by atoms with van der Waals surface area (Å²) >= 11 is 1.56. The number of hydrogen-bond acceptors (Lipinski definition) is 3. The summed E-state index contributed by atoms with van der Waals surface area (Å²) in [6.45, 7) is 0. The summed E-state index contributed by atoms with van der Waals surface area (Å²) in [5.41, 5.74) is 0.314. The van der Waals surface area contributed by atoms with E-state index in [4.69, 9.17) is 5.11 Å². The minimum atomic E-state index is -1.15. The minimum absolute atomic E-state index is 0.124. The van der Waals surface area contributed by atoms with Gasteiger partial charge in [-0.05, 0) is 36.4 Å². The van der Waals surface area contributed by atoms with Crippen molar-refractivity contribution >= 4 is 17.3 Å². The first kappa shape index (κ1) is 13.1. The number of thiophene rings is 1. The Balaban J connectivity index is 2.22. The van der Waals surface area contributed by atoms with Gasteiger partial charge in [0.2, 0.25) is 0 Å². The van der Waals surface area contributed by atoms with E-state index >= 15 is 0 Å². The highest BCUT2D eigenvalue weighted by Crippen LogP contribution is 2.33. The Morgan fingerprint density at radius 1 is 1.25 bits per heavy atom. The van der Waals surface area contributed by atoms with Crippen molar-refractivity contribution in [3.63, 3.8) is 0 Å². The standard InChI is InChI=1S/C15H15NO3S/c17-14-11(15(18)19)7-8-12(13-6-3-9-20-13)16(14)10-4-1-2-5-10/h3,6-10H,1-2,4-5H2,(H,18,19). The molecule has 0 radical (unpaired) electrons. The van der Waals surface area contributed by atoms with Gasteiger partial charge in [-0.1, -0.05) is 18.9 Å². The predicted molar refractivity (Wildman–Crippen MR) is 78.5 cm³/mol. The highest BCUT2D eigenvalue weighted by Gasteiger charge is 2.24. The van der Waals surface area contributed by atoms with Crippen LogP contribution in [0.5, 0.6) is 0 Å². The second-order valence-electron chi connectivity index (χ2n) is 5.03. The molecule has 0 aromatic carbocycles. The molecule has 20 heavy (non-hydrogen) atoms. The van der Waals surface area contributed by atoms with Crippen molar-refractivity contribution in [2.75, 3.05) is 0 Å². The van der Waals surface area contributed by atoms with Gasteiger partial charge in [0, 0.05) is 6.04 Å². The summed E-state index contributed by atoms with van der Waals surface area (Å²) in [4.78, 5) is 24.7.